The molecule has 0 bridgehead atoms. The van der Waals surface area contributed by atoms with Crippen molar-refractivity contribution < 1.29 is 52.1 Å². The molecule has 15 heteroatoms. The highest BCUT2D eigenvalue weighted by molar-refractivity contribution is 7.52. The predicted octanol–water partition coefficient (Wildman–Crippen LogP) is 3.39. The molecule has 0 fully saturated rings. The van der Waals surface area contributed by atoms with E-state index >= 15 is 0 Å². The van der Waals surface area contributed by atoms with Crippen molar-refractivity contribution in [2.45, 2.75) is 59.4 Å². The number of hydrogen-bond donors (Lipinski definition) is 2. The van der Waals surface area contributed by atoms with Gasteiger partial charge in [-0.25, -0.2) is 18.9 Å². The van der Waals surface area contributed by atoms with E-state index in [0.29, 0.717) is 12.8 Å². The molecule has 0 aliphatic rings. The Labute approximate surface area is 212 Å². The van der Waals surface area contributed by atoms with Gasteiger partial charge < -0.3 is 34.7 Å². The summed E-state index contributed by atoms with van der Waals surface area (Å²) in [5, 5.41) is 9.47. The number of carbonyl (C=O) groups is 3. The number of carboxylic acids is 1. The van der Waals surface area contributed by atoms with Crippen molar-refractivity contribution >= 4 is 32.0 Å². The molecule has 0 radical (unpaired) electrons. The van der Waals surface area contributed by atoms with E-state index in [0.717, 1.165) is 4.90 Å². The van der Waals surface area contributed by atoms with Crippen molar-refractivity contribution in [2.75, 3.05) is 46.7 Å². The third-order valence-electron chi connectivity index (χ3n) is 4.26. The Kier molecular flexibility index (Phi) is 17.3. The smallest absolute Gasteiger partial charge is 0.480 e. The Morgan fingerprint density at radius 2 is 1.28 bits per heavy atom. The Hall–Kier alpha value is -2.57. The average Bonchev–Trinajstić information content (AvgIpc) is 2.80. The van der Waals surface area contributed by atoms with Gasteiger partial charge in [0.2, 0.25) is 5.96 Å². The quantitative estimate of drug-likeness (QED) is 0.0846. The summed E-state index contributed by atoms with van der Waals surface area (Å²) < 4.78 is 47.0. The van der Waals surface area contributed by atoms with E-state index in [9.17, 15) is 24.1 Å². The van der Waals surface area contributed by atoms with Crippen LogP contribution in [0.25, 0.3) is 0 Å². The van der Waals surface area contributed by atoms with E-state index < -0.39 is 32.1 Å². The summed E-state index contributed by atoms with van der Waals surface area (Å²) >= 11 is 0. The highest BCUT2D eigenvalue weighted by Gasteiger charge is 2.31. The van der Waals surface area contributed by atoms with Crippen molar-refractivity contribution in [3.05, 3.63) is 0 Å². The van der Waals surface area contributed by atoms with Crippen LogP contribution in [0, 0.1) is 5.92 Å². The molecule has 14 nitrogen and oxygen atoms in total. The maximum atomic E-state index is 13.2. The lowest BCUT2D eigenvalue weighted by atomic mass is 10.0. The van der Waals surface area contributed by atoms with Crippen LogP contribution in [0.2, 0.25) is 0 Å². The molecule has 0 aromatic rings. The fraction of sp³-hybridized carbons (Fsp3) is 0.810. The van der Waals surface area contributed by atoms with Gasteiger partial charge in [0, 0.05) is 19.9 Å². The zero-order valence-corrected chi connectivity index (χ0v) is 22.6. The number of hydrogen-bond acceptors (Lipinski definition) is 10. The summed E-state index contributed by atoms with van der Waals surface area (Å²) in [6.07, 6.45) is -0.0581. The molecule has 0 amide bonds. The molecule has 0 aliphatic heterocycles. The zero-order chi connectivity index (χ0) is 27.6. The second-order valence-corrected chi connectivity index (χ2v) is 9.49. The van der Waals surface area contributed by atoms with Crippen molar-refractivity contribution in [3.8, 4) is 0 Å². The molecule has 210 valence electrons. The van der Waals surface area contributed by atoms with Gasteiger partial charge >= 0.3 is 26.0 Å². The van der Waals surface area contributed by atoms with Gasteiger partial charge in [-0.15, -0.1) is 4.76 Å². The molecule has 0 saturated carbocycles. The molecule has 0 aromatic carbocycles. The summed E-state index contributed by atoms with van der Waals surface area (Å²) in [5.74, 6) is -1.84. The van der Waals surface area contributed by atoms with Crippen LogP contribution in [-0.4, -0.2) is 87.0 Å². The number of guanidine groups is 1. The van der Waals surface area contributed by atoms with Crippen LogP contribution in [0.15, 0.2) is 4.76 Å². The maximum Gasteiger partial charge on any atom is 0.508 e. The molecule has 1 unspecified atom stereocenters. The average molecular weight is 542 g/mol. The van der Waals surface area contributed by atoms with E-state index in [1.165, 1.54) is 7.05 Å². The van der Waals surface area contributed by atoms with Gasteiger partial charge in [0.25, 0.3) is 0 Å². The van der Waals surface area contributed by atoms with Gasteiger partial charge in [0.15, 0.2) is 0 Å². The third-order valence-corrected chi connectivity index (χ3v) is 5.73. The molecule has 36 heavy (non-hydrogen) atoms. The van der Waals surface area contributed by atoms with E-state index in [1.54, 1.807) is 13.8 Å². The molecule has 0 rings (SSSR count). The van der Waals surface area contributed by atoms with E-state index in [2.05, 4.69) is 4.76 Å². The van der Waals surface area contributed by atoms with Crippen molar-refractivity contribution in [2.24, 2.45) is 16.4 Å². The van der Waals surface area contributed by atoms with Crippen LogP contribution in [0.1, 0.15) is 53.4 Å². The van der Waals surface area contributed by atoms with Crippen LogP contribution >= 0.6 is 7.75 Å². The normalized spacial score (nSPS) is 12.7. The first kappa shape index (κ1) is 33.4. The molecule has 3 N–H and O–H groups in total. The summed E-state index contributed by atoms with van der Waals surface area (Å²) in [6.45, 7) is 7.03. The molecule has 0 aromatic heterocycles. The van der Waals surface area contributed by atoms with Crippen LogP contribution in [0.5, 0.6) is 0 Å². The number of carbonyl (C=O) groups excluding carboxylic acids is 2. The van der Waals surface area contributed by atoms with Gasteiger partial charge in [-0.1, -0.05) is 27.7 Å². The van der Waals surface area contributed by atoms with Gasteiger partial charge in [-0.2, -0.15) is 0 Å². The fourth-order valence-corrected chi connectivity index (χ4v) is 3.88. The van der Waals surface area contributed by atoms with Crippen molar-refractivity contribution in [3.63, 3.8) is 0 Å². The molecule has 0 spiro atoms. The minimum absolute atomic E-state index is 0.0657. The summed E-state index contributed by atoms with van der Waals surface area (Å²) in [4.78, 5) is 35.5. The Balaban J connectivity index is 5.09. The molecular weight excluding hydrogens is 501 g/mol. The van der Waals surface area contributed by atoms with Gasteiger partial charge in [-0.3, -0.25) is 9.05 Å². The molecular formula is C21H40N3O11P. The molecule has 1 atom stereocenters. The number of nitrogens with two attached hydrogens (primary N) is 1. The van der Waals surface area contributed by atoms with E-state index in [4.69, 9.17) is 33.7 Å². The van der Waals surface area contributed by atoms with Crippen molar-refractivity contribution in [1.82, 2.24) is 4.90 Å². The molecule has 0 aliphatic carbocycles. The van der Waals surface area contributed by atoms with Crippen LogP contribution in [0.3, 0.4) is 0 Å². The van der Waals surface area contributed by atoms with Gasteiger partial charge in [0.05, 0.1) is 39.6 Å². The highest BCUT2D eigenvalue weighted by atomic mass is 31.2. The number of nitrogens with zero attached hydrogens (tertiary/aromatic N) is 2. The maximum absolute atomic E-state index is 13.2. The predicted molar refractivity (Wildman–Crippen MR) is 130 cm³/mol. The minimum Gasteiger partial charge on any atom is -0.480 e. The highest BCUT2D eigenvalue weighted by Crippen LogP contribution is 2.50. The van der Waals surface area contributed by atoms with Crippen molar-refractivity contribution in [1.29, 1.82) is 0 Å². The third kappa shape index (κ3) is 14.7. The summed E-state index contributed by atoms with van der Waals surface area (Å²) in [5.41, 5.74) is 5.92. The molecule has 0 heterocycles. The topological polar surface area (TPSA) is 186 Å². The lowest BCUT2D eigenvalue weighted by Crippen LogP contribution is -2.48. The van der Waals surface area contributed by atoms with E-state index in [-0.39, 0.29) is 64.4 Å². The largest absolute Gasteiger partial charge is 0.508 e. The number of carboxylic acid groups (broad SMARTS) is 1. The zero-order valence-electron chi connectivity index (χ0n) is 21.7. The number of rotatable bonds is 18. The van der Waals surface area contributed by atoms with Crippen LogP contribution in [-0.2, 0) is 37.4 Å². The lowest BCUT2D eigenvalue weighted by molar-refractivity contribution is -0.142. The second-order valence-electron chi connectivity index (χ2n) is 7.83. The van der Waals surface area contributed by atoms with Crippen LogP contribution < -0.4 is 5.73 Å². The summed E-state index contributed by atoms with van der Waals surface area (Å²) in [7, 11) is -2.81. The fourth-order valence-electron chi connectivity index (χ4n) is 2.57. The SMILES string of the molecule is CCCOC(=O)OCCCOP(=O)(N=C(N)N(C)C(C(=O)O)C(C)C)OCCCOC(=O)OCCC. The first-order valence-electron chi connectivity index (χ1n) is 11.8. The van der Waals surface area contributed by atoms with Gasteiger partial charge in [0.1, 0.15) is 6.04 Å². The standard InChI is InChI=1S/C21H40N3O11P/c1-6-10-30-20(27)32-12-8-14-34-36(29,35-15-9-13-33-21(28)31-11-7-2)23-19(22)24(5)17(16(3)4)18(25)26/h16-17H,6-15H2,1-5H3,(H,25,26)(H2,22,23,29). The number of ether oxygens (including phenoxy) is 4. The molecule has 0 saturated heterocycles. The first-order valence-corrected chi connectivity index (χ1v) is 13.3. The Bertz CT molecular complexity index is 715. The van der Waals surface area contributed by atoms with Gasteiger partial charge in [-0.05, 0) is 18.8 Å². The second kappa shape index (κ2) is 18.7. The van der Waals surface area contributed by atoms with Crippen LogP contribution in [0.4, 0.5) is 9.59 Å². The van der Waals surface area contributed by atoms with E-state index in [1.807, 2.05) is 13.8 Å². The number of aliphatic carboxylic acids is 1. The minimum atomic E-state index is -4.21. The lowest BCUT2D eigenvalue weighted by Gasteiger charge is -2.29. The number of likely N-dealkylation sites (N-methyl/N-ethyl adjacent to an activating group) is 1. The summed E-state index contributed by atoms with van der Waals surface area (Å²) in [6, 6.07) is -1.03. The monoisotopic (exact) mass is 541 g/mol. The first-order chi connectivity index (χ1) is 17.0. The Morgan fingerprint density at radius 1 is 0.861 bits per heavy atom. The Morgan fingerprint density at radius 3 is 1.64 bits per heavy atom.